The molecule has 15 heavy (non-hydrogen) atoms. The molecule has 0 aromatic carbocycles. The molecule has 0 spiro atoms. The molecule has 1 unspecified atom stereocenters. The molecule has 0 amide bonds. The number of alkyl halides is 1. The van der Waals surface area contributed by atoms with Crippen LogP contribution in [0, 0.1) is 0 Å². The van der Waals surface area contributed by atoms with Crippen LogP contribution in [0.3, 0.4) is 0 Å². The minimum Gasteiger partial charge on any atom is -0.466 e. The molecule has 2 nitrogen and oxygen atoms in total. The first-order chi connectivity index (χ1) is 6.29. The van der Waals surface area contributed by atoms with Crippen LogP contribution in [0.4, 0.5) is 19.4 Å². The van der Waals surface area contributed by atoms with Gasteiger partial charge in [0.25, 0.3) is 10.2 Å². The zero-order valence-corrected chi connectivity index (χ0v) is 9.26. The van der Waals surface area contributed by atoms with E-state index >= 15 is 0 Å². The number of ether oxygens (including phenoxy) is 1. The van der Waals surface area contributed by atoms with E-state index in [2.05, 4.69) is 4.74 Å². The largest absolute Gasteiger partial charge is 0.466 e. The van der Waals surface area contributed by atoms with E-state index in [0.717, 1.165) is 6.92 Å². The first-order valence-corrected chi connectivity index (χ1v) is 6.35. The molecular weight excluding hydrogens is 267 g/mol. The van der Waals surface area contributed by atoms with Gasteiger partial charge in [-0.15, -0.1) is 11.6 Å². The van der Waals surface area contributed by atoms with Gasteiger partial charge >= 0.3 is 5.97 Å². The second-order valence-electron chi connectivity index (χ2n) is 3.02. The topological polar surface area (TPSA) is 26.3 Å². The first-order valence-electron chi connectivity index (χ1n) is 3.79. The molecule has 0 aliphatic carbocycles. The van der Waals surface area contributed by atoms with Gasteiger partial charge in [0.1, 0.15) is 5.75 Å². The summed E-state index contributed by atoms with van der Waals surface area (Å²) >= 11 is 5.07. The number of halogens is 6. The Morgan fingerprint density at radius 2 is 1.80 bits per heavy atom. The molecule has 0 aliphatic rings. The average molecular weight is 277 g/mol. The normalized spacial score (nSPS) is 18.9. The highest BCUT2D eigenvalue weighted by Crippen LogP contribution is 2.98. The second kappa shape index (κ2) is 3.65. The molecular formula is C6H10ClF5O2S. The van der Waals surface area contributed by atoms with Gasteiger partial charge < -0.3 is 4.74 Å². The lowest BCUT2D eigenvalue weighted by atomic mass is 10.3. The number of hydrogen-bond donors (Lipinski definition) is 0. The maximum absolute atomic E-state index is 11.9. The molecule has 0 heterocycles. The first kappa shape index (κ1) is 14.8. The Labute approximate surface area is 88.4 Å². The van der Waals surface area contributed by atoms with Gasteiger partial charge in [-0.2, -0.15) is 0 Å². The number of rotatable bonds is 5. The minimum absolute atomic E-state index is 0.405. The van der Waals surface area contributed by atoms with E-state index < -0.39 is 40.4 Å². The zero-order valence-electron chi connectivity index (χ0n) is 7.69. The molecule has 0 bridgehead atoms. The highest BCUT2D eigenvalue weighted by atomic mass is 35.5. The highest BCUT2D eigenvalue weighted by molar-refractivity contribution is 8.45. The minimum atomic E-state index is -9.46. The van der Waals surface area contributed by atoms with Crippen LogP contribution in [-0.4, -0.2) is 23.7 Å². The van der Waals surface area contributed by atoms with Gasteiger partial charge in [-0.3, -0.25) is 4.79 Å². The molecule has 0 saturated carbocycles. The van der Waals surface area contributed by atoms with Crippen LogP contribution in [0.25, 0.3) is 0 Å². The molecule has 0 aromatic heterocycles. The lowest BCUT2D eigenvalue weighted by Crippen LogP contribution is -2.21. The van der Waals surface area contributed by atoms with E-state index in [1.165, 1.54) is 0 Å². The summed E-state index contributed by atoms with van der Waals surface area (Å²) in [5.41, 5.74) is 0. The summed E-state index contributed by atoms with van der Waals surface area (Å²) in [6.07, 6.45) is -0.466. The maximum atomic E-state index is 11.9. The van der Waals surface area contributed by atoms with E-state index in [1.54, 1.807) is 0 Å². The van der Waals surface area contributed by atoms with Crippen molar-refractivity contribution in [3.05, 3.63) is 0 Å². The Bertz CT molecular complexity index is 250. The summed E-state index contributed by atoms with van der Waals surface area (Å²) in [5.74, 6) is -3.05. The predicted molar refractivity (Wildman–Crippen MR) is 48.9 cm³/mol. The van der Waals surface area contributed by atoms with Crippen molar-refractivity contribution in [1.29, 1.82) is 0 Å². The zero-order chi connectivity index (χ0) is 12.4. The van der Waals surface area contributed by atoms with E-state index in [4.69, 9.17) is 11.6 Å². The number of carbonyl (C=O) groups is 1. The summed E-state index contributed by atoms with van der Waals surface area (Å²) in [4.78, 5) is 10.2. The SMILES string of the molecule is CC(=O)OCCC(Cl)CS(F)(F)(F)(F)F. The highest BCUT2D eigenvalue weighted by Gasteiger charge is 2.63. The van der Waals surface area contributed by atoms with Crippen molar-refractivity contribution in [1.82, 2.24) is 0 Å². The number of hydrogen-bond acceptors (Lipinski definition) is 2. The van der Waals surface area contributed by atoms with Crippen LogP contribution in [0.2, 0.25) is 0 Å². The Kier molecular flexibility index (Phi) is 3.60. The Balaban J connectivity index is 4.07. The molecule has 94 valence electrons. The number of carbonyl (C=O) groups excluding carboxylic acids is 1. The average Bonchev–Trinajstić information content (AvgIpc) is 1.77. The second-order valence-corrected chi connectivity index (χ2v) is 6.23. The molecule has 0 rings (SSSR count). The molecule has 1 atom stereocenters. The Hall–Kier alpha value is -0.240. The summed E-state index contributed by atoms with van der Waals surface area (Å²) in [6, 6.07) is 0. The van der Waals surface area contributed by atoms with Gasteiger partial charge in [-0.1, -0.05) is 19.4 Å². The third-order valence-electron chi connectivity index (χ3n) is 1.23. The summed E-state index contributed by atoms with van der Waals surface area (Å²) in [5, 5.41) is -1.79. The van der Waals surface area contributed by atoms with Gasteiger partial charge in [-0.05, 0) is 6.42 Å². The molecule has 0 aromatic rings. The van der Waals surface area contributed by atoms with Crippen molar-refractivity contribution in [2.45, 2.75) is 18.7 Å². The van der Waals surface area contributed by atoms with Crippen molar-refractivity contribution in [2.75, 3.05) is 12.4 Å². The molecule has 0 N–H and O–H groups in total. The third-order valence-corrected chi connectivity index (χ3v) is 2.82. The van der Waals surface area contributed by atoms with E-state index in [9.17, 15) is 24.2 Å². The van der Waals surface area contributed by atoms with Crippen molar-refractivity contribution in [3.63, 3.8) is 0 Å². The lowest BCUT2D eigenvalue weighted by molar-refractivity contribution is -0.141. The maximum Gasteiger partial charge on any atom is 0.302 e. The summed E-state index contributed by atoms with van der Waals surface area (Å²) in [7, 11) is -9.46. The molecule has 0 aliphatic heterocycles. The van der Waals surface area contributed by atoms with Gasteiger partial charge in [0, 0.05) is 6.92 Å². The van der Waals surface area contributed by atoms with Crippen LogP contribution in [0.15, 0.2) is 0 Å². The van der Waals surface area contributed by atoms with Gasteiger partial charge in [0.2, 0.25) is 0 Å². The lowest BCUT2D eigenvalue weighted by Gasteiger charge is -2.41. The Morgan fingerprint density at radius 1 is 1.33 bits per heavy atom. The van der Waals surface area contributed by atoms with Crippen molar-refractivity contribution < 1.29 is 29.0 Å². The number of esters is 1. The van der Waals surface area contributed by atoms with Crippen molar-refractivity contribution in [2.24, 2.45) is 0 Å². The summed E-state index contributed by atoms with van der Waals surface area (Å²) in [6.45, 7) is 0.644. The van der Waals surface area contributed by atoms with E-state index in [1.807, 2.05) is 0 Å². The van der Waals surface area contributed by atoms with E-state index in [-0.39, 0.29) is 0 Å². The van der Waals surface area contributed by atoms with Crippen molar-refractivity contribution >= 4 is 27.8 Å². The van der Waals surface area contributed by atoms with Gasteiger partial charge in [0.05, 0.1) is 12.0 Å². The predicted octanol–water partition coefficient (Wildman–Crippen LogP) is 3.85. The monoisotopic (exact) mass is 276 g/mol. The van der Waals surface area contributed by atoms with Crippen LogP contribution < -0.4 is 0 Å². The fraction of sp³-hybridized carbons (Fsp3) is 0.833. The van der Waals surface area contributed by atoms with Crippen LogP contribution >= 0.6 is 21.8 Å². The third kappa shape index (κ3) is 11.7. The van der Waals surface area contributed by atoms with Gasteiger partial charge in [0.15, 0.2) is 0 Å². The molecule has 9 heteroatoms. The van der Waals surface area contributed by atoms with E-state index in [0.29, 0.717) is 0 Å². The standard InChI is InChI=1S/C6H10ClF5O2S/c1-5(13)14-3-2-6(7)4-15(8,9,10,11)12/h6H,2-4H2,1H3. The molecule has 0 saturated heterocycles. The fourth-order valence-electron chi connectivity index (χ4n) is 0.756. The fourth-order valence-corrected chi connectivity index (χ4v) is 2.41. The Morgan fingerprint density at radius 3 is 2.13 bits per heavy atom. The van der Waals surface area contributed by atoms with Gasteiger partial charge in [-0.25, -0.2) is 0 Å². The summed E-state index contributed by atoms with van der Waals surface area (Å²) < 4.78 is 63.6. The quantitative estimate of drug-likeness (QED) is 0.433. The molecule has 0 fully saturated rings. The van der Waals surface area contributed by atoms with Crippen LogP contribution in [0.5, 0.6) is 0 Å². The molecule has 0 radical (unpaired) electrons. The van der Waals surface area contributed by atoms with Crippen LogP contribution in [-0.2, 0) is 9.53 Å². The van der Waals surface area contributed by atoms with Crippen molar-refractivity contribution in [3.8, 4) is 0 Å². The smallest absolute Gasteiger partial charge is 0.302 e. The van der Waals surface area contributed by atoms with Crippen LogP contribution in [0.1, 0.15) is 13.3 Å².